The zero-order valence-corrected chi connectivity index (χ0v) is 16.3. The maximum atomic E-state index is 12.5. The molecular formula is C19H29N3O5. The summed E-state index contributed by atoms with van der Waals surface area (Å²) in [5, 5.41) is 14.1. The van der Waals surface area contributed by atoms with Crippen LogP contribution in [0.3, 0.4) is 0 Å². The van der Waals surface area contributed by atoms with Gasteiger partial charge in [-0.25, -0.2) is 0 Å². The summed E-state index contributed by atoms with van der Waals surface area (Å²) in [4.78, 5) is 25.5. The van der Waals surface area contributed by atoms with Crippen LogP contribution in [0.25, 0.3) is 0 Å². The Morgan fingerprint density at radius 3 is 2.44 bits per heavy atom. The molecule has 1 aliphatic carbocycles. The predicted molar refractivity (Wildman–Crippen MR) is 103 cm³/mol. The Labute approximate surface area is 160 Å². The average Bonchev–Trinajstić information content (AvgIpc) is 2.70. The highest BCUT2D eigenvalue weighted by Crippen LogP contribution is 2.34. The minimum Gasteiger partial charge on any atom is -0.493 e. The topological polar surface area (TPSA) is 93.9 Å². The van der Waals surface area contributed by atoms with Crippen LogP contribution in [0, 0.1) is 10.1 Å². The Balaban J connectivity index is 1.93. The van der Waals surface area contributed by atoms with Gasteiger partial charge in [0.1, 0.15) is 5.56 Å². The zero-order valence-electron chi connectivity index (χ0n) is 16.3. The number of carbonyl (C=O) groups is 1. The van der Waals surface area contributed by atoms with E-state index >= 15 is 0 Å². The first-order chi connectivity index (χ1) is 13.0. The zero-order chi connectivity index (χ0) is 19.8. The summed E-state index contributed by atoms with van der Waals surface area (Å²) in [5.41, 5.74) is -0.331. The molecule has 2 rings (SSSR count). The van der Waals surface area contributed by atoms with Crippen molar-refractivity contribution >= 4 is 11.6 Å². The molecule has 0 saturated heterocycles. The molecule has 1 aromatic carbocycles. The van der Waals surface area contributed by atoms with Crippen LogP contribution in [-0.2, 0) is 0 Å². The molecule has 0 aromatic heterocycles. The van der Waals surface area contributed by atoms with Crippen LogP contribution in [0.5, 0.6) is 11.5 Å². The van der Waals surface area contributed by atoms with Gasteiger partial charge in [0, 0.05) is 18.7 Å². The maximum Gasteiger partial charge on any atom is 0.286 e. The van der Waals surface area contributed by atoms with Gasteiger partial charge in [0.25, 0.3) is 11.6 Å². The summed E-state index contributed by atoms with van der Waals surface area (Å²) in [5.74, 6) is 0.0168. The van der Waals surface area contributed by atoms with Gasteiger partial charge >= 0.3 is 0 Å². The van der Waals surface area contributed by atoms with Crippen molar-refractivity contribution in [3.05, 3.63) is 27.8 Å². The third kappa shape index (κ3) is 5.56. The number of ether oxygens (including phenoxy) is 2. The lowest BCUT2D eigenvalue weighted by Crippen LogP contribution is -2.35. The summed E-state index contributed by atoms with van der Waals surface area (Å²) < 4.78 is 10.2. The van der Waals surface area contributed by atoms with Crippen molar-refractivity contribution < 1.29 is 19.2 Å². The smallest absolute Gasteiger partial charge is 0.286 e. The molecule has 0 heterocycles. The molecule has 1 amide bonds. The van der Waals surface area contributed by atoms with Gasteiger partial charge < -0.3 is 19.7 Å². The van der Waals surface area contributed by atoms with Crippen LogP contribution >= 0.6 is 0 Å². The number of benzene rings is 1. The number of nitrogens with one attached hydrogen (secondary N) is 1. The van der Waals surface area contributed by atoms with Gasteiger partial charge in [0.05, 0.1) is 25.2 Å². The molecule has 0 spiro atoms. The van der Waals surface area contributed by atoms with Crippen LogP contribution in [0.4, 0.5) is 5.69 Å². The van der Waals surface area contributed by atoms with Crippen LogP contribution in [0.1, 0.15) is 48.9 Å². The summed E-state index contributed by atoms with van der Waals surface area (Å²) in [7, 11) is 4.94. The molecule has 1 fully saturated rings. The first-order valence-electron chi connectivity index (χ1n) is 9.36. The third-order valence-corrected chi connectivity index (χ3v) is 5.11. The van der Waals surface area contributed by atoms with Crippen molar-refractivity contribution in [2.75, 3.05) is 34.4 Å². The molecule has 0 unspecified atom stereocenters. The molecule has 0 bridgehead atoms. The fourth-order valence-electron chi connectivity index (χ4n) is 3.53. The number of nitro groups is 1. The molecule has 0 aliphatic heterocycles. The Hall–Kier alpha value is -2.35. The van der Waals surface area contributed by atoms with Crippen molar-refractivity contribution in [3.8, 4) is 11.5 Å². The second-order valence-corrected chi connectivity index (χ2v) is 6.86. The van der Waals surface area contributed by atoms with Crippen LogP contribution in [0.15, 0.2) is 12.1 Å². The molecule has 1 aromatic rings. The quantitative estimate of drug-likeness (QED) is 0.403. The normalized spacial score (nSPS) is 14.8. The van der Waals surface area contributed by atoms with E-state index in [2.05, 4.69) is 17.3 Å². The van der Waals surface area contributed by atoms with E-state index in [4.69, 9.17) is 9.47 Å². The highest BCUT2D eigenvalue weighted by Gasteiger charge is 2.24. The lowest BCUT2D eigenvalue weighted by atomic mass is 9.94. The summed E-state index contributed by atoms with van der Waals surface area (Å²) in [6.07, 6.45) is 7.16. The Morgan fingerprint density at radius 1 is 1.22 bits per heavy atom. The van der Waals surface area contributed by atoms with Crippen LogP contribution < -0.4 is 14.8 Å². The average molecular weight is 379 g/mol. The lowest BCUT2D eigenvalue weighted by molar-refractivity contribution is -0.385. The predicted octanol–water partition coefficient (Wildman–Crippen LogP) is 3.00. The first-order valence-corrected chi connectivity index (χ1v) is 9.36. The number of hydrogen-bond acceptors (Lipinski definition) is 6. The fraction of sp³-hybridized carbons (Fsp3) is 0.632. The summed E-state index contributed by atoms with van der Waals surface area (Å²) in [6, 6.07) is 3.19. The number of rotatable bonds is 9. The maximum absolute atomic E-state index is 12.5. The largest absolute Gasteiger partial charge is 0.493 e. The molecule has 1 N–H and O–H groups in total. The SMILES string of the molecule is COc1cc(C(=O)NCCCN(C)C2CCCCC2)c([N+](=O)[O-])cc1OC. The minimum atomic E-state index is -0.590. The number of nitrogens with zero attached hydrogens (tertiary/aromatic N) is 2. The van der Waals surface area contributed by atoms with Gasteiger partial charge in [-0.15, -0.1) is 0 Å². The van der Waals surface area contributed by atoms with Crippen molar-refractivity contribution in [1.82, 2.24) is 10.2 Å². The van der Waals surface area contributed by atoms with Crippen molar-refractivity contribution in [2.45, 2.75) is 44.6 Å². The summed E-state index contributed by atoms with van der Waals surface area (Å²) in [6.45, 7) is 1.35. The molecular weight excluding hydrogens is 350 g/mol. The lowest BCUT2D eigenvalue weighted by Gasteiger charge is -2.31. The number of hydrogen-bond donors (Lipinski definition) is 1. The number of methoxy groups -OCH3 is 2. The van der Waals surface area contributed by atoms with Gasteiger partial charge in [-0.3, -0.25) is 14.9 Å². The standard InChI is InChI=1S/C19H29N3O5/c1-21(14-8-5-4-6-9-14)11-7-10-20-19(23)15-12-17(26-2)18(27-3)13-16(15)22(24)25/h12-14H,4-11H2,1-3H3,(H,20,23). The highest BCUT2D eigenvalue weighted by molar-refractivity contribution is 5.99. The summed E-state index contributed by atoms with van der Waals surface area (Å²) >= 11 is 0. The molecule has 0 radical (unpaired) electrons. The minimum absolute atomic E-state index is 0.0294. The second-order valence-electron chi connectivity index (χ2n) is 6.86. The van der Waals surface area contributed by atoms with Gasteiger partial charge in [-0.1, -0.05) is 19.3 Å². The fourth-order valence-corrected chi connectivity index (χ4v) is 3.53. The Morgan fingerprint density at radius 2 is 1.85 bits per heavy atom. The monoisotopic (exact) mass is 379 g/mol. The van der Waals surface area contributed by atoms with Gasteiger partial charge in [-0.05, 0) is 32.9 Å². The van der Waals surface area contributed by atoms with Gasteiger partial charge in [-0.2, -0.15) is 0 Å². The second kappa shape index (κ2) is 10.1. The molecule has 1 saturated carbocycles. The molecule has 1 aliphatic rings. The van der Waals surface area contributed by atoms with Crippen LogP contribution in [-0.4, -0.2) is 56.1 Å². The van der Waals surface area contributed by atoms with Crippen LogP contribution in [0.2, 0.25) is 0 Å². The van der Waals surface area contributed by atoms with E-state index in [0.29, 0.717) is 12.6 Å². The van der Waals surface area contributed by atoms with E-state index in [1.54, 1.807) is 0 Å². The molecule has 8 nitrogen and oxygen atoms in total. The van der Waals surface area contributed by atoms with E-state index < -0.39 is 10.8 Å². The van der Waals surface area contributed by atoms with E-state index in [1.165, 1.54) is 58.5 Å². The van der Waals surface area contributed by atoms with Gasteiger partial charge in [0.15, 0.2) is 11.5 Å². The van der Waals surface area contributed by atoms with Crippen molar-refractivity contribution in [3.63, 3.8) is 0 Å². The van der Waals surface area contributed by atoms with E-state index in [1.807, 2.05) is 0 Å². The van der Waals surface area contributed by atoms with E-state index in [-0.39, 0.29) is 22.7 Å². The van der Waals surface area contributed by atoms with E-state index in [9.17, 15) is 14.9 Å². The van der Waals surface area contributed by atoms with Gasteiger partial charge in [0.2, 0.25) is 0 Å². The number of nitro benzene ring substituents is 1. The molecule has 0 atom stereocenters. The Kier molecular flexibility index (Phi) is 7.84. The molecule has 150 valence electrons. The highest BCUT2D eigenvalue weighted by atomic mass is 16.6. The first kappa shape index (κ1) is 21.0. The number of amides is 1. The van der Waals surface area contributed by atoms with E-state index in [0.717, 1.165) is 13.0 Å². The molecule has 8 heteroatoms. The number of carbonyl (C=O) groups excluding carboxylic acids is 1. The van der Waals surface area contributed by atoms with Crippen molar-refractivity contribution in [1.29, 1.82) is 0 Å². The Bertz CT molecular complexity index is 659. The third-order valence-electron chi connectivity index (χ3n) is 5.11. The molecule has 27 heavy (non-hydrogen) atoms. The van der Waals surface area contributed by atoms with Crippen molar-refractivity contribution in [2.24, 2.45) is 0 Å².